The number of carbonyl (C=O) groups is 1. The van der Waals surface area contributed by atoms with E-state index in [2.05, 4.69) is 4.98 Å². The maximum absolute atomic E-state index is 14.0. The van der Waals surface area contributed by atoms with Gasteiger partial charge in [-0.05, 0) is 42.8 Å². The molecule has 0 saturated carbocycles. The number of nitrogens with zero attached hydrogens (tertiary/aromatic N) is 3. The molecule has 4 nitrogen and oxygen atoms in total. The van der Waals surface area contributed by atoms with E-state index in [1.807, 2.05) is 6.07 Å². The van der Waals surface area contributed by atoms with Crippen LogP contribution < -0.4 is 0 Å². The highest BCUT2D eigenvalue weighted by atomic mass is 19.1. The van der Waals surface area contributed by atoms with Crippen molar-refractivity contribution >= 4 is 16.9 Å². The lowest BCUT2D eigenvalue weighted by atomic mass is 10.1. The molecule has 1 aliphatic rings. The fourth-order valence-electron chi connectivity index (χ4n) is 2.93. The first-order valence-corrected chi connectivity index (χ1v) is 7.71. The molecule has 0 N–H and O–H groups in total. The number of alkyl halides is 1. The summed E-state index contributed by atoms with van der Waals surface area (Å²) in [5, 5.41) is 0.777. The van der Waals surface area contributed by atoms with Gasteiger partial charge in [-0.15, -0.1) is 0 Å². The monoisotopic (exact) mass is 327 g/mol. The second kappa shape index (κ2) is 5.40. The number of aryl methyl sites for hydroxylation is 1. The molecule has 1 saturated heterocycles. The molecular weight excluding hydrogens is 312 g/mol. The number of carbonyl (C=O) groups excluding carboxylic acids is 1. The zero-order chi connectivity index (χ0) is 16.8. The molecule has 24 heavy (non-hydrogen) atoms. The minimum Gasteiger partial charge on any atom is -0.331 e. The highest BCUT2D eigenvalue weighted by molar-refractivity contribution is 5.99. The van der Waals surface area contributed by atoms with Gasteiger partial charge in [-0.25, -0.2) is 13.8 Å². The zero-order valence-electron chi connectivity index (χ0n) is 13.0. The number of halogens is 2. The standard InChI is InChI=1S/C18H15F2N3O/c1-11-4-5-14(8-15(11)20)23-16(18(24)22-9-13(19)10-22)7-12-3-2-6-21-17(12)23/h2-8,13H,9-10H2,1H3. The molecule has 2 aromatic heterocycles. The smallest absolute Gasteiger partial charge is 0.271 e. The van der Waals surface area contributed by atoms with Crippen molar-refractivity contribution in [2.45, 2.75) is 13.1 Å². The molecule has 4 rings (SSSR count). The van der Waals surface area contributed by atoms with E-state index in [1.54, 1.807) is 42.0 Å². The highest BCUT2D eigenvalue weighted by Crippen LogP contribution is 2.26. The third-order valence-corrected chi connectivity index (χ3v) is 4.32. The van der Waals surface area contributed by atoms with Gasteiger partial charge in [-0.3, -0.25) is 9.36 Å². The molecule has 3 aromatic rings. The van der Waals surface area contributed by atoms with Gasteiger partial charge in [0.05, 0.1) is 18.8 Å². The average Bonchev–Trinajstić information content (AvgIpc) is 2.93. The number of hydrogen-bond donors (Lipinski definition) is 0. The van der Waals surface area contributed by atoms with E-state index in [-0.39, 0.29) is 24.8 Å². The van der Waals surface area contributed by atoms with Crippen molar-refractivity contribution in [1.29, 1.82) is 0 Å². The van der Waals surface area contributed by atoms with Gasteiger partial charge in [-0.2, -0.15) is 0 Å². The van der Waals surface area contributed by atoms with Gasteiger partial charge < -0.3 is 4.90 Å². The van der Waals surface area contributed by atoms with Crippen LogP contribution in [0.4, 0.5) is 8.78 Å². The van der Waals surface area contributed by atoms with E-state index < -0.39 is 6.17 Å². The second-order valence-corrected chi connectivity index (χ2v) is 6.02. The topological polar surface area (TPSA) is 38.1 Å². The van der Waals surface area contributed by atoms with Crippen LogP contribution in [-0.4, -0.2) is 39.6 Å². The summed E-state index contributed by atoms with van der Waals surface area (Å²) < 4.78 is 28.7. The summed E-state index contributed by atoms with van der Waals surface area (Å²) in [5.41, 5.74) is 1.98. The molecule has 1 aliphatic heterocycles. The molecule has 3 heterocycles. The Morgan fingerprint density at radius 1 is 1.25 bits per heavy atom. The van der Waals surface area contributed by atoms with Crippen molar-refractivity contribution in [1.82, 2.24) is 14.5 Å². The lowest BCUT2D eigenvalue weighted by molar-refractivity contribution is 0.0393. The van der Waals surface area contributed by atoms with E-state index >= 15 is 0 Å². The van der Waals surface area contributed by atoms with Gasteiger partial charge >= 0.3 is 0 Å². The van der Waals surface area contributed by atoms with Crippen molar-refractivity contribution < 1.29 is 13.6 Å². The molecule has 0 unspecified atom stereocenters. The fourth-order valence-corrected chi connectivity index (χ4v) is 2.93. The largest absolute Gasteiger partial charge is 0.331 e. The third-order valence-electron chi connectivity index (χ3n) is 4.32. The Bertz CT molecular complexity index is 945. The molecule has 0 radical (unpaired) electrons. The molecule has 1 aromatic carbocycles. The van der Waals surface area contributed by atoms with E-state index in [1.165, 1.54) is 11.0 Å². The normalized spacial score (nSPS) is 14.9. The SMILES string of the molecule is Cc1ccc(-n2c(C(=O)N3CC(F)C3)cc3cccnc32)cc1F. The quantitative estimate of drug-likeness (QED) is 0.724. The number of benzene rings is 1. The number of rotatable bonds is 2. The summed E-state index contributed by atoms with van der Waals surface area (Å²) >= 11 is 0. The Kier molecular flexibility index (Phi) is 3.33. The summed E-state index contributed by atoms with van der Waals surface area (Å²) in [7, 11) is 0. The van der Waals surface area contributed by atoms with Gasteiger partial charge in [0.2, 0.25) is 0 Å². The number of likely N-dealkylation sites (tertiary alicyclic amines) is 1. The van der Waals surface area contributed by atoms with E-state index in [0.717, 1.165) is 5.39 Å². The van der Waals surface area contributed by atoms with Gasteiger partial charge in [0.25, 0.3) is 5.91 Å². The zero-order valence-corrected chi connectivity index (χ0v) is 13.0. The van der Waals surface area contributed by atoms with Gasteiger partial charge in [-0.1, -0.05) is 6.07 Å². The molecule has 0 bridgehead atoms. The molecule has 1 amide bonds. The number of aromatic nitrogens is 2. The summed E-state index contributed by atoms with van der Waals surface area (Å²) in [6.45, 7) is 1.87. The maximum Gasteiger partial charge on any atom is 0.271 e. The lowest BCUT2D eigenvalue weighted by Crippen LogP contribution is -2.51. The third kappa shape index (κ3) is 2.26. The Labute approximate surface area is 137 Å². The summed E-state index contributed by atoms with van der Waals surface area (Å²) in [6.07, 6.45) is 0.653. The molecule has 0 spiro atoms. The van der Waals surface area contributed by atoms with Crippen molar-refractivity contribution in [3.8, 4) is 5.69 Å². The molecular formula is C18H15F2N3O. The fraction of sp³-hybridized carbons (Fsp3) is 0.222. The summed E-state index contributed by atoms with van der Waals surface area (Å²) in [5.74, 6) is -0.626. The van der Waals surface area contributed by atoms with Crippen LogP contribution in [0, 0.1) is 12.7 Å². The van der Waals surface area contributed by atoms with Gasteiger partial charge in [0.15, 0.2) is 0 Å². The number of fused-ring (bicyclic) bond motifs is 1. The van der Waals surface area contributed by atoms with Crippen LogP contribution >= 0.6 is 0 Å². The van der Waals surface area contributed by atoms with Crippen LogP contribution in [0.2, 0.25) is 0 Å². The first-order chi connectivity index (χ1) is 11.5. The minimum atomic E-state index is -0.971. The van der Waals surface area contributed by atoms with E-state index in [0.29, 0.717) is 22.6 Å². The first-order valence-electron chi connectivity index (χ1n) is 7.71. The predicted octanol–water partition coefficient (Wildman–Crippen LogP) is 3.27. The van der Waals surface area contributed by atoms with E-state index in [9.17, 15) is 13.6 Å². The molecule has 122 valence electrons. The van der Waals surface area contributed by atoms with Gasteiger partial charge in [0.1, 0.15) is 23.3 Å². The minimum absolute atomic E-state index is 0.0933. The van der Waals surface area contributed by atoms with Crippen LogP contribution in [0.3, 0.4) is 0 Å². The Morgan fingerprint density at radius 3 is 2.75 bits per heavy atom. The Balaban J connectivity index is 1.90. The highest BCUT2D eigenvalue weighted by Gasteiger charge is 2.33. The number of hydrogen-bond acceptors (Lipinski definition) is 2. The van der Waals surface area contributed by atoms with Crippen molar-refractivity contribution in [2.75, 3.05) is 13.1 Å². The van der Waals surface area contributed by atoms with Crippen LogP contribution in [0.1, 0.15) is 16.1 Å². The van der Waals surface area contributed by atoms with Gasteiger partial charge in [0, 0.05) is 11.6 Å². The molecule has 6 heteroatoms. The molecule has 1 fully saturated rings. The molecule has 0 atom stereocenters. The Hall–Kier alpha value is -2.76. The van der Waals surface area contributed by atoms with Crippen molar-refractivity contribution in [3.63, 3.8) is 0 Å². The average molecular weight is 327 g/mol. The summed E-state index contributed by atoms with van der Waals surface area (Å²) in [6, 6.07) is 10.1. The van der Waals surface area contributed by atoms with Crippen LogP contribution in [0.5, 0.6) is 0 Å². The number of pyridine rings is 1. The summed E-state index contributed by atoms with van der Waals surface area (Å²) in [4.78, 5) is 18.5. The van der Waals surface area contributed by atoms with E-state index in [4.69, 9.17) is 0 Å². The van der Waals surface area contributed by atoms with Crippen LogP contribution in [0.25, 0.3) is 16.7 Å². The second-order valence-electron chi connectivity index (χ2n) is 6.02. The Morgan fingerprint density at radius 2 is 2.04 bits per heavy atom. The molecule has 0 aliphatic carbocycles. The first kappa shape index (κ1) is 14.8. The number of amides is 1. The van der Waals surface area contributed by atoms with Crippen LogP contribution in [-0.2, 0) is 0 Å². The van der Waals surface area contributed by atoms with Crippen molar-refractivity contribution in [2.24, 2.45) is 0 Å². The maximum atomic E-state index is 14.0. The lowest BCUT2D eigenvalue weighted by Gasteiger charge is -2.34. The predicted molar refractivity (Wildman–Crippen MR) is 86.6 cm³/mol. The van der Waals surface area contributed by atoms with Crippen LogP contribution in [0.15, 0.2) is 42.6 Å². The van der Waals surface area contributed by atoms with Crippen molar-refractivity contribution in [3.05, 3.63) is 59.7 Å².